The Morgan fingerprint density at radius 1 is 1.41 bits per heavy atom. The van der Waals surface area contributed by atoms with E-state index in [0.717, 1.165) is 23.7 Å². The lowest BCUT2D eigenvalue weighted by atomic mass is 10.3. The second-order valence-electron chi connectivity index (χ2n) is 3.31. The molecule has 2 heterocycles. The number of furan rings is 1. The Bertz CT molecular complexity index is 467. The van der Waals surface area contributed by atoms with Gasteiger partial charge in [0.15, 0.2) is 0 Å². The first-order valence-corrected chi connectivity index (χ1v) is 6.38. The highest BCUT2D eigenvalue weighted by atomic mass is 32.2. The van der Waals surface area contributed by atoms with E-state index in [1.54, 1.807) is 6.26 Å². The van der Waals surface area contributed by atoms with Crippen LogP contribution >= 0.6 is 11.8 Å². The number of hydrogen-bond donors (Lipinski definition) is 0. The van der Waals surface area contributed by atoms with Crippen LogP contribution in [0.2, 0.25) is 0 Å². The molecule has 2 aromatic rings. The Morgan fingerprint density at radius 3 is 3.00 bits per heavy atom. The highest BCUT2D eigenvalue weighted by molar-refractivity contribution is 7.99. The first kappa shape index (κ1) is 12.2. The Labute approximate surface area is 104 Å². The number of hydrogen-bond acceptors (Lipinski definition) is 6. The summed E-state index contributed by atoms with van der Waals surface area (Å²) in [7, 11) is 0. The molecule has 0 radical (unpaired) electrons. The van der Waals surface area contributed by atoms with Crippen LogP contribution in [0.5, 0.6) is 0 Å². The summed E-state index contributed by atoms with van der Waals surface area (Å²) in [5.74, 6) is 2.08. The minimum Gasteiger partial charge on any atom is -0.469 e. The first-order valence-electron chi connectivity index (χ1n) is 5.39. The summed E-state index contributed by atoms with van der Waals surface area (Å²) in [6.45, 7) is 5.24. The van der Waals surface area contributed by atoms with Crippen molar-refractivity contribution in [3.8, 4) is 11.5 Å². The van der Waals surface area contributed by atoms with Crippen LogP contribution in [0.25, 0.3) is 11.5 Å². The molecule has 5 nitrogen and oxygen atoms in total. The summed E-state index contributed by atoms with van der Waals surface area (Å²) in [5.41, 5.74) is 0.842. The average molecular weight is 254 g/mol. The van der Waals surface area contributed by atoms with E-state index in [1.807, 2.05) is 19.9 Å². The lowest BCUT2D eigenvalue weighted by Crippen LogP contribution is -1.95. The van der Waals surface area contributed by atoms with E-state index < -0.39 is 0 Å². The summed E-state index contributed by atoms with van der Waals surface area (Å²) in [5, 5.41) is 8.50. The number of aromatic nitrogens is 2. The molecule has 6 heteroatoms. The molecule has 92 valence electrons. The van der Waals surface area contributed by atoms with Crippen LogP contribution in [0.1, 0.15) is 12.7 Å². The molecule has 0 spiro atoms. The highest BCUT2D eigenvalue weighted by Crippen LogP contribution is 2.25. The molecule has 0 aliphatic carbocycles. The summed E-state index contributed by atoms with van der Waals surface area (Å²) < 4.78 is 15.9. The van der Waals surface area contributed by atoms with E-state index in [-0.39, 0.29) is 0 Å². The maximum absolute atomic E-state index is 5.51. The Hall–Kier alpha value is -1.27. The van der Waals surface area contributed by atoms with Gasteiger partial charge < -0.3 is 13.6 Å². The van der Waals surface area contributed by atoms with Crippen LogP contribution in [0.15, 0.2) is 26.4 Å². The summed E-state index contributed by atoms with van der Waals surface area (Å²) >= 11 is 1.49. The molecule has 17 heavy (non-hydrogen) atoms. The maximum atomic E-state index is 5.51. The first-order chi connectivity index (χ1) is 8.31. The third-order valence-corrected chi connectivity index (χ3v) is 2.94. The minimum atomic E-state index is 0.496. The van der Waals surface area contributed by atoms with Crippen molar-refractivity contribution in [1.82, 2.24) is 10.2 Å². The van der Waals surface area contributed by atoms with E-state index in [2.05, 4.69) is 10.2 Å². The zero-order valence-electron chi connectivity index (χ0n) is 9.80. The number of aryl methyl sites for hydroxylation is 1. The van der Waals surface area contributed by atoms with E-state index >= 15 is 0 Å². The quantitative estimate of drug-likeness (QED) is 0.583. The van der Waals surface area contributed by atoms with Gasteiger partial charge in [-0.3, -0.25) is 0 Å². The van der Waals surface area contributed by atoms with Gasteiger partial charge in [-0.1, -0.05) is 11.8 Å². The van der Waals surface area contributed by atoms with Gasteiger partial charge in [0, 0.05) is 12.4 Å². The monoisotopic (exact) mass is 254 g/mol. The Balaban J connectivity index is 1.95. The fourth-order valence-electron chi connectivity index (χ4n) is 1.32. The van der Waals surface area contributed by atoms with E-state index in [9.17, 15) is 0 Å². The maximum Gasteiger partial charge on any atom is 0.276 e. The van der Waals surface area contributed by atoms with Gasteiger partial charge in [0.2, 0.25) is 0 Å². The fraction of sp³-hybridized carbons (Fsp3) is 0.455. The molecular weight excluding hydrogens is 240 g/mol. The summed E-state index contributed by atoms with van der Waals surface area (Å²) in [4.78, 5) is 0. The molecule has 2 rings (SSSR count). The number of thioether (sulfide) groups is 1. The summed E-state index contributed by atoms with van der Waals surface area (Å²) in [6.07, 6.45) is 1.61. The van der Waals surface area contributed by atoms with Crippen LogP contribution in [-0.2, 0) is 4.74 Å². The van der Waals surface area contributed by atoms with Crippen molar-refractivity contribution in [2.45, 2.75) is 19.1 Å². The topological polar surface area (TPSA) is 61.3 Å². The zero-order chi connectivity index (χ0) is 12.1. The Kier molecular flexibility index (Phi) is 4.22. The van der Waals surface area contributed by atoms with Crippen molar-refractivity contribution in [2.75, 3.05) is 19.0 Å². The van der Waals surface area contributed by atoms with E-state index in [4.69, 9.17) is 13.6 Å². The van der Waals surface area contributed by atoms with E-state index in [0.29, 0.717) is 17.7 Å². The van der Waals surface area contributed by atoms with Crippen molar-refractivity contribution >= 4 is 11.8 Å². The van der Waals surface area contributed by atoms with Gasteiger partial charge in [0.25, 0.3) is 11.1 Å². The average Bonchev–Trinajstić information content (AvgIpc) is 2.93. The van der Waals surface area contributed by atoms with Crippen molar-refractivity contribution in [3.63, 3.8) is 0 Å². The Morgan fingerprint density at radius 2 is 2.29 bits per heavy atom. The molecule has 0 bridgehead atoms. The standard InChI is InChI=1S/C11H14N2O3S/c1-3-14-6-7-17-11-13-12-10(16-11)9-4-5-15-8(9)2/h4-5H,3,6-7H2,1-2H3. The van der Waals surface area contributed by atoms with Gasteiger partial charge >= 0.3 is 0 Å². The second kappa shape index (κ2) is 5.88. The molecule has 0 unspecified atom stereocenters. The van der Waals surface area contributed by atoms with E-state index in [1.165, 1.54) is 11.8 Å². The minimum absolute atomic E-state index is 0.496. The van der Waals surface area contributed by atoms with Crippen LogP contribution in [0.3, 0.4) is 0 Å². The molecule has 0 atom stereocenters. The second-order valence-corrected chi connectivity index (χ2v) is 4.36. The molecule has 0 aliphatic rings. The third kappa shape index (κ3) is 3.10. The normalized spacial score (nSPS) is 10.9. The van der Waals surface area contributed by atoms with Gasteiger partial charge in [-0.05, 0) is 19.9 Å². The molecule has 0 amide bonds. The highest BCUT2D eigenvalue weighted by Gasteiger charge is 2.12. The lowest BCUT2D eigenvalue weighted by Gasteiger charge is -1.96. The van der Waals surface area contributed by atoms with Gasteiger partial charge in [0.1, 0.15) is 5.76 Å². The van der Waals surface area contributed by atoms with Gasteiger partial charge in [-0.25, -0.2) is 0 Å². The fourth-order valence-corrected chi connectivity index (χ4v) is 1.93. The molecule has 2 aromatic heterocycles. The largest absolute Gasteiger partial charge is 0.469 e. The SMILES string of the molecule is CCOCCSc1nnc(-c2ccoc2C)o1. The van der Waals surface area contributed by atoms with Crippen molar-refractivity contribution < 1.29 is 13.6 Å². The van der Waals surface area contributed by atoms with Crippen molar-refractivity contribution in [2.24, 2.45) is 0 Å². The van der Waals surface area contributed by atoms with Crippen LogP contribution in [-0.4, -0.2) is 29.2 Å². The van der Waals surface area contributed by atoms with Gasteiger partial charge in [-0.15, -0.1) is 10.2 Å². The molecular formula is C11H14N2O3S. The molecule has 0 N–H and O–H groups in total. The van der Waals surface area contributed by atoms with Crippen molar-refractivity contribution in [1.29, 1.82) is 0 Å². The predicted octanol–water partition coefficient (Wildman–Crippen LogP) is 2.77. The molecule has 0 saturated carbocycles. The number of ether oxygens (including phenoxy) is 1. The molecule has 0 aliphatic heterocycles. The number of rotatable bonds is 6. The molecule has 0 aromatic carbocycles. The zero-order valence-corrected chi connectivity index (χ0v) is 10.6. The third-order valence-electron chi connectivity index (χ3n) is 2.15. The van der Waals surface area contributed by atoms with Gasteiger partial charge in [-0.2, -0.15) is 0 Å². The molecule has 0 fully saturated rings. The smallest absolute Gasteiger partial charge is 0.276 e. The van der Waals surface area contributed by atoms with Crippen LogP contribution in [0, 0.1) is 6.92 Å². The van der Waals surface area contributed by atoms with Crippen LogP contribution in [0.4, 0.5) is 0 Å². The number of nitrogens with zero attached hydrogens (tertiary/aromatic N) is 2. The predicted molar refractivity (Wildman–Crippen MR) is 64.0 cm³/mol. The van der Waals surface area contributed by atoms with Gasteiger partial charge in [0.05, 0.1) is 18.4 Å². The molecule has 0 saturated heterocycles. The van der Waals surface area contributed by atoms with Crippen molar-refractivity contribution in [3.05, 3.63) is 18.1 Å². The lowest BCUT2D eigenvalue weighted by molar-refractivity contribution is 0.164. The summed E-state index contributed by atoms with van der Waals surface area (Å²) in [6, 6.07) is 1.82. The van der Waals surface area contributed by atoms with Crippen LogP contribution < -0.4 is 0 Å².